The van der Waals surface area contributed by atoms with Crippen LogP contribution in [0, 0.1) is 5.92 Å². The van der Waals surface area contributed by atoms with E-state index in [9.17, 15) is 9.59 Å². The monoisotopic (exact) mass is 359 g/mol. The molecule has 2 rings (SSSR count). The van der Waals surface area contributed by atoms with E-state index in [1.54, 1.807) is 30.3 Å². The molecule has 0 radical (unpaired) electrons. The fourth-order valence-corrected chi connectivity index (χ4v) is 1.96. The summed E-state index contributed by atoms with van der Waals surface area (Å²) in [4.78, 5) is 23.6. The minimum atomic E-state index is -0.264. The molecule has 0 aliphatic rings. The Morgan fingerprint density at radius 1 is 1.19 bits per heavy atom. The minimum absolute atomic E-state index is 0.0384. The number of anilines is 1. The number of hydrogen-bond donors (Lipinski definition) is 2. The van der Waals surface area contributed by atoms with Gasteiger partial charge in [-0.3, -0.25) is 9.59 Å². The highest BCUT2D eigenvalue weighted by Gasteiger charge is 2.14. The molecule has 1 unspecified atom stereocenters. The van der Waals surface area contributed by atoms with Crippen LogP contribution in [-0.4, -0.2) is 23.0 Å². The van der Waals surface area contributed by atoms with Gasteiger partial charge in [-0.2, -0.15) is 0 Å². The number of carbonyl (C=O) groups excluding carboxylic acids is 2. The molecule has 2 aromatic rings. The SMILES string of the molecule is CCC(C)NC(=O)c1cc(COc2ccc(NC(=O)C(C)C)cc2)on1. The Morgan fingerprint density at radius 2 is 1.88 bits per heavy atom. The van der Waals surface area contributed by atoms with Crippen molar-refractivity contribution in [1.29, 1.82) is 0 Å². The smallest absolute Gasteiger partial charge is 0.273 e. The lowest BCUT2D eigenvalue weighted by molar-refractivity contribution is -0.118. The summed E-state index contributed by atoms with van der Waals surface area (Å²) in [6.07, 6.45) is 0.840. The van der Waals surface area contributed by atoms with Gasteiger partial charge in [0, 0.05) is 23.7 Å². The quantitative estimate of drug-likeness (QED) is 0.754. The Bertz CT molecular complexity index is 737. The normalized spacial score (nSPS) is 11.9. The van der Waals surface area contributed by atoms with E-state index in [4.69, 9.17) is 9.26 Å². The summed E-state index contributed by atoms with van der Waals surface area (Å²) in [5, 5.41) is 9.40. The number of ether oxygens (including phenoxy) is 1. The van der Waals surface area contributed by atoms with E-state index >= 15 is 0 Å². The molecule has 1 aromatic heterocycles. The molecule has 0 bridgehead atoms. The van der Waals surface area contributed by atoms with Crippen molar-refractivity contribution in [2.45, 2.75) is 46.8 Å². The van der Waals surface area contributed by atoms with Crippen LogP contribution in [0.1, 0.15) is 50.4 Å². The Kier molecular flexibility index (Phi) is 6.77. The van der Waals surface area contributed by atoms with Crippen LogP contribution in [0.5, 0.6) is 5.75 Å². The van der Waals surface area contributed by atoms with E-state index < -0.39 is 0 Å². The van der Waals surface area contributed by atoms with Gasteiger partial charge in [0.05, 0.1) is 0 Å². The van der Waals surface area contributed by atoms with E-state index in [1.165, 1.54) is 0 Å². The van der Waals surface area contributed by atoms with Crippen molar-refractivity contribution < 1.29 is 18.8 Å². The number of nitrogens with zero attached hydrogens (tertiary/aromatic N) is 1. The first-order valence-electron chi connectivity index (χ1n) is 8.69. The lowest BCUT2D eigenvalue weighted by Gasteiger charge is -2.09. The number of aromatic nitrogens is 1. The fourth-order valence-electron chi connectivity index (χ4n) is 1.96. The molecule has 0 saturated heterocycles. The van der Waals surface area contributed by atoms with E-state index in [1.807, 2.05) is 27.7 Å². The molecular weight excluding hydrogens is 334 g/mol. The molecule has 0 aliphatic carbocycles. The average molecular weight is 359 g/mol. The summed E-state index contributed by atoms with van der Waals surface area (Å²) in [5.41, 5.74) is 0.940. The summed E-state index contributed by atoms with van der Waals surface area (Å²) in [6, 6.07) is 8.68. The lowest BCUT2D eigenvalue weighted by Crippen LogP contribution is -2.32. The van der Waals surface area contributed by atoms with E-state index in [2.05, 4.69) is 15.8 Å². The van der Waals surface area contributed by atoms with Gasteiger partial charge in [-0.25, -0.2) is 0 Å². The predicted octanol–water partition coefficient (Wildman–Crippen LogP) is 3.38. The molecule has 0 saturated carbocycles. The molecule has 0 aliphatic heterocycles. The van der Waals surface area contributed by atoms with E-state index in [0.717, 1.165) is 6.42 Å². The zero-order valence-electron chi connectivity index (χ0n) is 15.5. The van der Waals surface area contributed by atoms with Crippen molar-refractivity contribution >= 4 is 17.5 Å². The highest BCUT2D eigenvalue weighted by Crippen LogP contribution is 2.18. The second-order valence-corrected chi connectivity index (χ2v) is 6.42. The van der Waals surface area contributed by atoms with Crippen LogP contribution in [0.15, 0.2) is 34.9 Å². The topological polar surface area (TPSA) is 93.5 Å². The molecule has 0 fully saturated rings. The summed E-state index contributed by atoms with van der Waals surface area (Å²) in [5.74, 6) is 0.693. The zero-order valence-corrected chi connectivity index (χ0v) is 15.5. The molecule has 1 atom stereocenters. The third-order valence-corrected chi connectivity index (χ3v) is 3.81. The Hall–Kier alpha value is -2.83. The van der Waals surface area contributed by atoms with E-state index in [-0.39, 0.29) is 36.1 Å². The summed E-state index contributed by atoms with van der Waals surface area (Å²) in [6.45, 7) is 7.74. The molecule has 26 heavy (non-hydrogen) atoms. The number of nitrogens with one attached hydrogen (secondary N) is 2. The highest BCUT2D eigenvalue weighted by atomic mass is 16.5. The van der Waals surface area contributed by atoms with Gasteiger partial charge in [-0.1, -0.05) is 25.9 Å². The molecule has 1 aromatic carbocycles. The van der Waals surface area contributed by atoms with Crippen molar-refractivity contribution in [3.05, 3.63) is 41.8 Å². The van der Waals surface area contributed by atoms with Crippen molar-refractivity contribution in [3.63, 3.8) is 0 Å². The van der Waals surface area contributed by atoms with E-state index in [0.29, 0.717) is 17.2 Å². The molecule has 1 heterocycles. The number of amides is 2. The molecule has 140 valence electrons. The summed E-state index contributed by atoms with van der Waals surface area (Å²) >= 11 is 0. The van der Waals surface area contributed by atoms with Crippen LogP contribution in [0.4, 0.5) is 5.69 Å². The van der Waals surface area contributed by atoms with Gasteiger partial charge >= 0.3 is 0 Å². The first kappa shape index (κ1) is 19.5. The molecule has 7 nitrogen and oxygen atoms in total. The highest BCUT2D eigenvalue weighted by molar-refractivity contribution is 5.92. The molecular formula is C19H25N3O4. The van der Waals surface area contributed by atoms with Gasteiger partial charge < -0.3 is 19.9 Å². The van der Waals surface area contributed by atoms with Crippen molar-refractivity contribution in [3.8, 4) is 5.75 Å². The first-order chi connectivity index (χ1) is 12.4. The molecule has 0 spiro atoms. The van der Waals surface area contributed by atoms with Gasteiger partial charge in [-0.05, 0) is 37.6 Å². The van der Waals surface area contributed by atoms with Gasteiger partial charge in [0.2, 0.25) is 5.91 Å². The van der Waals surface area contributed by atoms with Gasteiger partial charge in [-0.15, -0.1) is 0 Å². The Labute approximate surface area is 153 Å². The summed E-state index contributed by atoms with van der Waals surface area (Å²) in [7, 11) is 0. The second kappa shape index (κ2) is 9.03. The van der Waals surface area contributed by atoms with Crippen molar-refractivity contribution in [2.75, 3.05) is 5.32 Å². The number of rotatable bonds is 8. The Balaban J connectivity index is 1.87. The molecule has 7 heteroatoms. The first-order valence-corrected chi connectivity index (χ1v) is 8.69. The minimum Gasteiger partial charge on any atom is -0.486 e. The standard InChI is InChI=1S/C19H25N3O4/c1-5-13(4)20-19(24)17-10-16(26-22-17)11-25-15-8-6-14(7-9-15)21-18(23)12(2)3/h6-10,12-13H,5,11H2,1-4H3,(H,20,24)(H,21,23). The van der Waals surface area contributed by atoms with Gasteiger partial charge in [0.15, 0.2) is 11.5 Å². The van der Waals surface area contributed by atoms with Gasteiger partial charge in [0.25, 0.3) is 5.91 Å². The summed E-state index contributed by atoms with van der Waals surface area (Å²) < 4.78 is 10.7. The predicted molar refractivity (Wildman–Crippen MR) is 98.0 cm³/mol. The maximum Gasteiger partial charge on any atom is 0.273 e. The zero-order chi connectivity index (χ0) is 19.1. The second-order valence-electron chi connectivity index (χ2n) is 6.42. The average Bonchev–Trinajstić information content (AvgIpc) is 3.10. The molecule has 2 N–H and O–H groups in total. The van der Waals surface area contributed by atoms with Crippen LogP contribution in [0.25, 0.3) is 0 Å². The fraction of sp³-hybridized carbons (Fsp3) is 0.421. The maximum atomic E-state index is 12.0. The molecule has 2 amide bonds. The maximum absolute atomic E-state index is 12.0. The number of hydrogen-bond acceptors (Lipinski definition) is 5. The number of benzene rings is 1. The van der Waals surface area contributed by atoms with Crippen molar-refractivity contribution in [2.24, 2.45) is 5.92 Å². The van der Waals surface area contributed by atoms with Gasteiger partial charge in [0.1, 0.15) is 12.4 Å². The van der Waals surface area contributed by atoms with Crippen LogP contribution in [0.3, 0.4) is 0 Å². The van der Waals surface area contributed by atoms with Crippen molar-refractivity contribution in [1.82, 2.24) is 10.5 Å². The van der Waals surface area contributed by atoms with Crippen LogP contribution >= 0.6 is 0 Å². The third kappa shape index (κ3) is 5.61. The van der Waals surface area contributed by atoms with Crippen LogP contribution in [0.2, 0.25) is 0 Å². The van der Waals surface area contributed by atoms with Crippen LogP contribution < -0.4 is 15.4 Å². The Morgan fingerprint density at radius 3 is 2.50 bits per heavy atom. The lowest BCUT2D eigenvalue weighted by atomic mass is 10.2. The number of carbonyl (C=O) groups is 2. The largest absolute Gasteiger partial charge is 0.486 e. The van der Waals surface area contributed by atoms with Crippen LogP contribution in [-0.2, 0) is 11.4 Å². The third-order valence-electron chi connectivity index (χ3n) is 3.81.